The van der Waals surface area contributed by atoms with Crippen molar-refractivity contribution in [3.05, 3.63) is 0 Å². The standard InChI is InChI=1S/C9H19NO2/c1-9(12)5-7(4-8(9)11)6-10(2)3/h7-8,11-12H,4-6H2,1-3H3/t7-,8+,9-/m1/s1. The summed E-state index contributed by atoms with van der Waals surface area (Å²) in [7, 11) is 4.03. The summed E-state index contributed by atoms with van der Waals surface area (Å²) in [6, 6.07) is 0. The summed E-state index contributed by atoms with van der Waals surface area (Å²) >= 11 is 0. The first-order chi connectivity index (χ1) is 5.42. The fourth-order valence-electron chi connectivity index (χ4n) is 2.03. The van der Waals surface area contributed by atoms with Crippen LogP contribution >= 0.6 is 0 Å². The van der Waals surface area contributed by atoms with Crippen molar-refractivity contribution >= 4 is 0 Å². The van der Waals surface area contributed by atoms with E-state index in [4.69, 9.17) is 0 Å². The van der Waals surface area contributed by atoms with E-state index in [0.717, 1.165) is 13.0 Å². The molecule has 2 N–H and O–H groups in total. The Bertz CT molecular complexity index is 157. The van der Waals surface area contributed by atoms with Crippen molar-refractivity contribution in [3.63, 3.8) is 0 Å². The summed E-state index contributed by atoms with van der Waals surface area (Å²) < 4.78 is 0. The zero-order valence-corrected chi connectivity index (χ0v) is 8.12. The first-order valence-electron chi connectivity index (χ1n) is 4.47. The molecule has 1 rings (SSSR count). The second-order valence-corrected chi connectivity index (χ2v) is 4.44. The highest BCUT2D eigenvalue weighted by Gasteiger charge is 2.41. The molecule has 0 aromatic carbocycles. The van der Waals surface area contributed by atoms with Crippen LogP contribution in [-0.2, 0) is 0 Å². The fraction of sp³-hybridized carbons (Fsp3) is 1.00. The number of nitrogens with zero attached hydrogens (tertiary/aromatic N) is 1. The zero-order chi connectivity index (χ0) is 9.35. The van der Waals surface area contributed by atoms with E-state index in [9.17, 15) is 10.2 Å². The molecule has 3 nitrogen and oxygen atoms in total. The molecule has 0 heterocycles. The molecule has 1 saturated carbocycles. The maximum absolute atomic E-state index is 9.68. The van der Waals surface area contributed by atoms with Gasteiger partial charge in [-0.15, -0.1) is 0 Å². The summed E-state index contributed by atoms with van der Waals surface area (Å²) in [4.78, 5) is 2.10. The molecule has 0 saturated heterocycles. The number of hydrogen-bond donors (Lipinski definition) is 2. The van der Waals surface area contributed by atoms with Crippen LogP contribution in [0.1, 0.15) is 19.8 Å². The third kappa shape index (κ3) is 2.19. The van der Waals surface area contributed by atoms with Gasteiger partial charge in [0.05, 0.1) is 11.7 Å². The lowest BCUT2D eigenvalue weighted by atomic mass is 10.0. The Balaban J connectivity index is 2.44. The van der Waals surface area contributed by atoms with Crippen LogP contribution in [0.4, 0.5) is 0 Å². The summed E-state index contributed by atoms with van der Waals surface area (Å²) in [5, 5.41) is 19.1. The van der Waals surface area contributed by atoms with Crippen LogP contribution in [0.3, 0.4) is 0 Å². The predicted molar refractivity (Wildman–Crippen MR) is 47.9 cm³/mol. The number of aliphatic hydroxyl groups excluding tert-OH is 1. The van der Waals surface area contributed by atoms with E-state index < -0.39 is 11.7 Å². The van der Waals surface area contributed by atoms with Crippen LogP contribution in [0.5, 0.6) is 0 Å². The van der Waals surface area contributed by atoms with E-state index in [1.807, 2.05) is 14.1 Å². The quantitative estimate of drug-likeness (QED) is 0.621. The predicted octanol–water partition coefficient (Wildman–Crippen LogP) is 0.0699. The Morgan fingerprint density at radius 2 is 2.08 bits per heavy atom. The van der Waals surface area contributed by atoms with Gasteiger partial charge in [-0.25, -0.2) is 0 Å². The average molecular weight is 173 g/mol. The van der Waals surface area contributed by atoms with Gasteiger partial charge in [-0.2, -0.15) is 0 Å². The lowest BCUT2D eigenvalue weighted by Gasteiger charge is -2.20. The molecular weight excluding hydrogens is 154 g/mol. The van der Waals surface area contributed by atoms with Crippen molar-refractivity contribution in [3.8, 4) is 0 Å². The van der Waals surface area contributed by atoms with Gasteiger partial charge in [0.2, 0.25) is 0 Å². The molecule has 1 aliphatic rings. The van der Waals surface area contributed by atoms with Gasteiger partial charge < -0.3 is 15.1 Å². The summed E-state index contributed by atoms with van der Waals surface area (Å²) in [5.41, 5.74) is -0.860. The topological polar surface area (TPSA) is 43.7 Å². The van der Waals surface area contributed by atoms with Crippen LogP contribution in [0, 0.1) is 5.92 Å². The SMILES string of the molecule is CN(C)C[C@@H]1C[C@H](O)[C@](C)(O)C1. The molecule has 0 aromatic heterocycles. The number of rotatable bonds is 2. The minimum atomic E-state index is -0.860. The lowest BCUT2D eigenvalue weighted by molar-refractivity contribution is -0.0386. The molecule has 72 valence electrons. The Morgan fingerprint density at radius 3 is 2.42 bits per heavy atom. The maximum Gasteiger partial charge on any atom is 0.0880 e. The third-order valence-electron chi connectivity index (χ3n) is 2.60. The third-order valence-corrected chi connectivity index (χ3v) is 2.60. The van der Waals surface area contributed by atoms with Crippen LogP contribution in [-0.4, -0.2) is 47.5 Å². The zero-order valence-electron chi connectivity index (χ0n) is 8.12. The summed E-state index contributed by atoms with van der Waals surface area (Å²) in [5.74, 6) is 0.435. The van der Waals surface area contributed by atoms with E-state index in [0.29, 0.717) is 12.3 Å². The maximum atomic E-state index is 9.68. The van der Waals surface area contributed by atoms with Crippen LogP contribution in [0.2, 0.25) is 0 Å². The minimum Gasteiger partial charge on any atom is -0.390 e. The molecule has 0 unspecified atom stereocenters. The molecule has 0 aromatic rings. The fourth-order valence-corrected chi connectivity index (χ4v) is 2.03. The van der Waals surface area contributed by atoms with Gasteiger partial charge in [0.25, 0.3) is 0 Å². The molecule has 3 heteroatoms. The van der Waals surface area contributed by atoms with Gasteiger partial charge >= 0.3 is 0 Å². The van der Waals surface area contributed by atoms with Crippen molar-refractivity contribution in [2.24, 2.45) is 5.92 Å². The summed E-state index contributed by atoms with van der Waals surface area (Å²) in [6.07, 6.45) is 0.903. The van der Waals surface area contributed by atoms with Crippen molar-refractivity contribution in [2.75, 3.05) is 20.6 Å². The molecule has 1 fully saturated rings. The molecule has 0 bridgehead atoms. The largest absolute Gasteiger partial charge is 0.390 e. The second-order valence-electron chi connectivity index (χ2n) is 4.44. The van der Waals surface area contributed by atoms with E-state index in [1.54, 1.807) is 6.92 Å². The van der Waals surface area contributed by atoms with Gasteiger partial charge in [-0.05, 0) is 39.8 Å². The molecule has 1 aliphatic carbocycles. The van der Waals surface area contributed by atoms with Crippen molar-refractivity contribution < 1.29 is 10.2 Å². The number of hydrogen-bond acceptors (Lipinski definition) is 3. The first-order valence-corrected chi connectivity index (χ1v) is 4.47. The smallest absolute Gasteiger partial charge is 0.0880 e. The van der Waals surface area contributed by atoms with Crippen LogP contribution in [0.15, 0.2) is 0 Å². The van der Waals surface area contributed by atoms with Gasteiger partial charge in [-0.3, -0.25) is 0 Å². The van der Waals surface area contributed by atoms with Gasteiger partial charge in [-0.1, -0.05) is 0 Å². The van der Waals surface area contributed by atoms with Crippen molar-refractivity contribution in [1.82, 2.24) is 4.90 Å². The minimum absolute atomic E-state index is 0.435. The Labute approximate surface area is 74.0 Å². The molecule has 12 heavy (non-hydrogen) atoms. The molecule has 0 amide bonds. The highest BCUT2D eigenvalue weighted by Crippen LogP contribution is 2.34. The van der Waals surface area contributed by atoms with Gasteiger partial charge in [0, 0.05) is 6.54 Å². The van der Waals surface area contributed by atoms with E-state index in [2.05, 4.69) is 4.90 Å². The molecular formula is C9H19NO2. The van der Waals surface area contributed by atoms with E-state index in [-0.39, 0.29) is 0 Å². The lowest BCUT2D eigenvalue weighted by Crippen LogP contribution is -2.33. The first kappa shape index (κ1) is 9.96. The van der Waals surface area contributed by atoms with Crippen LogP contribution in [0.25, 0.3) is 0 Å². The van der Waals surface area contributed by atoms with E-state index in [1.165, 1.54) is 0 Å². The van der Waals surface area contributed by atoms with Crippen LogP contribution < -0.4 is 0 Å². The van der Waals surface area contributed by atoms with Crippen molar-refractivity contribution in [2.45, 2.75) is 31.5 Å². The molecule has 0 aliphatic heterocycles. The van der Waals surface area contributed by atoms with Gasteiger partial charge in [0.15, 0.2) is 0 Å². The second kappa shape index (κ2) is 3.32. The molecule has 0 radical (unpaired) electrons. The Hall–Kier alpha value is -0.120. The Kier molecular flexibility index (Phi) is 2.76. The summed E-state index contributed by atoms with van der Waals surface area (Å²) in [6.45, 7) is 2.67. The van der Waals surface area contributed by atoms with E-state index >= 15 is 0 Å². The highest BCUT2D eigenvalue weighted by molar-refractivity contribution is 4.93. The number of aliphatic hydroxyl groups is 2. The molecule has 0 spiro atoms. The highest BCUT2D eigenvalue weighted by atomic mass is 16.3. The van der Waals surface area contributed by atoms with Crippen molar-refractivity contribution in [1.29, 1.82) is 0 Å². The molecule has 3 atom stereocenters. The average Bonchev–Trinajstić information content (AvgIpc) is 2.04. The normalized spacial score (nSPS) is 42.5. The Morgan fingerprint density at radius 1 is 1.50 bits per heavy atom. The van der Waals surface area contributed by atoms with Gasteiger partial charge in [0.1, 0.15) is 0 Å². The monoisotopic (exact) mass is 173 g/mol.